The van der Waals surface area contributed by atoms with Gasteiger partial charge in [-0.1, -0.05) is 35.9 Å². The largest absolute Gasteiger partial charge is 0.488 e. The Balaban J connectivity index is 1.72. The molecule has 9 heteroatoms. The number of nitriles is 1. The number of nitrogens with zero attached hydrogens (tertiary/aromatic N) is 2. The highest BCUT2D eigenvalue weighted by atomic mass is 79.9. The van der Waals surface area contributed by atoms with Gasteiger partial charge in [0, 0.05) is 22.8 Å². The maximum Gasteiger partial charge on any atom is 0.271 e. The molecule has 0 saturated heterocycles. The lowest BCUT2D eigenvalue weighted by Gasteiger charge is -2.09. The second kappa shape index (κ2) is 10.6. The van der Waals surface area contributed by atoms with E-state index in [-0.39, 0.29) is 16.9 Å². The Kier molecular flexibility index (Phi) is 7.60. The van der Waals surface area contributed by atoms with Crippen LogP contribution in [0.3, 0.4) is 0 Å². The second-order valence-corrected chi connectivity index (χ2v) is 7.83. The number of halogens is 2. The molecule has 0 heterocycles. The van der Waals surface area contributed by atoms with Crippen LogP contribution in [-0.2, 0) is 11.4 Å². The molecule has 0 saturated carbocycles. The molecule has 0 radical (unpaired) electrons. The van der Waals surface area contributed by atoms with Gasteiger partial charge in [0.25, 0.3) is 11.6 Å². The number of non-ortho nitro benzene ring substituents is 1. The van der Waals surface area contributed by atoms with Gasteiger partial charge in [0.1, 0.15) is 24.0 Å². The molecule has 160 valence electrons. The van der Waals surface area contributed by atoms with E-state index < -0.39 is 10.8 Å². The number of hydrogen-bond acceptors (Lipinski definition) is 5. The molecule has 0 unspecified atom stereocenters. The normalized spacial score (nSPS) is 10.8. The first-order valence-corrected chi connectivity index (χ1v) is 10.4. The van der Waals surface area contributed by atoms with Crippen LogP contribution in [0.2, 0.25) is 5.02 Å². The van der Waals surface area contributed by atoms with E-state index in [1.807, 2.05) is 24.3 Å². The third kappa shape index (κ3) is 6.17. The highest BCUT2D eigenvalue weighted by Crippen LogP contribution is 2.28. The average Bonchev–Trinajstić information content (AvgIpc) is 2.77. The highest BCUT2D eigenvalue weighted by molar-refractivity contribution is 9.10. The minimum absolute atomic E-state index is 0.156. The summed E-state index contributed by atoms with van der Waals surface area (Å²) in [6, 6.07) is 19.8. The minimum atomic E-state index is -0.676. The fraction of sp³-hybridized carbons (Fsp3) is 0.0435. The standard InChI is InChI=1S/C23H15BrClN3O4/c24-21-11-15(7-8-22(21)32-14-16-3-1-4-18(25)10-16)9-17(13-26)23(29)27-19-5-2-6-20(12-19)28(30)31/h1-12H,14H2,(H,27,29)/b17-9+. The summed E-state index contributed by atoms with van der Waals surface area (Å²) in [5.74, 6) is -0.0907. The van der Waals surface area contributed by atoms with Crippen LogP contribution in [0, 0.1) is 21.4 Å². The van der Waals surface area contributed by atoms with Crippen molar-refractivity contribution in [2.24, 2.45) is 0 Å². The molecule has 7 nitrogen and oxygen atoms in total. The summed E-state index contributed by atoms with van der Waals surface area (Å²) in [6.45, 7) is 0.323. The third-order valence-electron chi connectivity index (χ3n) is 4.23. The number of amides is 1. The van der Waals surface area contributed by atoms with Gasteiger partial charge in [-0.05, 0) is 63.5 Å². The van der Waals surface area contributed by atoms with Gasteiger partial charge < -0.3 is 10.1 Å². The molecule has 0 aliphatic carbocycles. The van der Waals surface area contributed by atoms with Crippen molar-refractivity contribution in [2.75, 3.05) is 5.32 Å². The van der Waals surface area contributed by atoms with E-state index >= 15 is 0 Å². The molecule has 32 heavy (non-hydrogen) atoms. The van der Waals surface area contributed by atoms with E-state index in [1.54, 1.807) is 24.3 Å². The molecule has 3 rings (SSSR count). The number of nitro groups is 1. The number of hydrogen-bond donors (Lipinski definition) is 1. The van der Waals surface area contributed by atoms with Crippen molar-refractivity contribution in [3.8, 4) is 11.8 Å². The third-order valence-corrected chi connectivity index (χ3v) is 5.09. The minimum Gasteiger partial charge on any atom is -0.488 e. The van der Waals surface area contributed by atoms with E-state index in [4.69, 9.17) is 16.3 Å². The number of nitrogens with one attached hydrogen (secondary N) is 1. The van der Waals surface area contributed by atoms with Crippen molar-refractivity contribution in [1.82, 2.24) is 0 Å². The first-order chi connectivity index (χ1) is 15.4. The quantitative estimate of drug-likeness (QED) is 0.177. The second-order valence-electron chi connectivity index (χ2n) is 6.54. The van der Waals surface area contributed by atoms with Gasteiger partial charge in [-0.25, -0.2) is 0 Å². The van der Waals surface area contributed by atoms with Gasteiger partial charge in [0.05, 0.1) is 9.40 Å². The average molecular weight is 513 g/mol. The number of rotatable bonds is 7. The van der Waals surface area contributed by atoms with Gasteiger partial charge in [-0.3, -0.25) is 14.9 Å². The molecular weight excluding hydrogens is 498 g/mol. The Morgan fingerprint density at radius 2 is 1.97 bits per heavy atom. The fourth-order valence-electron chi connectivity index (χ4n) is 2.72. The summed E-state index contributed by atoms with van der Waals surface area (Å²) in [5, 5.41) is 23.4. The Bertz CT molecular complexity index is 1250. The maximum atomic E-state index is 12.4. The lowest BCUT2D eigenvalue weighted by molar-refractivity contribution is -0.384. The monoisotopic (exact) mass is 511 g/mol. The number of carbonyl (C=O) groups is 1. The zero-order chi connectivity index (χ0) is 23.1. The predicted octanol–water partition coefficient (Wildman–Crippen LogP) is 6.14. The molecule has 0 bridgehead atoms. The van der Waals surface area contributed by atoms with E-state index in [0.717, 1.165) is 5.56 Å². The zero-order valence-electron chi connectivity index (χ0n) is 16.4. The van der Waals surface area contributed by atoms with Crippen LogP contribution in [0.25, 0.3) is 6.08 Å². The Morgan fingerprint density at radius 3 is 2.66 bits per heavy atom. The molecule has 0 atom stereocenters. The number of benzene rings is 3. The predicted molar refractivity (Wildman–Crippen MR) is 125 cm³/mol. The SMILES string of the molecule is N#C/C(=C\c1ccc(OCc2cccc(Cl)c2)c(Br)c1)C(=O)Nc1cccc([N+](=O)[O-])c1. The molecule has 0 fully saturated rings. The maximum absolute atomic E-state index is 12.4. The smallest absolute Gasteiger partial charge is 0.271 e. The van der Waals surface area contributed by atoms with E-state index in [1.165, 1.54) is 30.3 Å². The molecule has 3 aromatic carbocycles. The number of carbonyl (C=O) groups excluding carboxylic acids is 1. The van der Waals surface area contributed by atoms with Crippen molar-refractivity contribution in [2.45, 2.75) is 6.61 Å². The molecular formula is C23H15BrClN3O4. The van der Waals surface area contributed by atoms with E-state index in [9.17, 15) is 20.2 Å². The highest BCUT2D eigenvalue weighted by Gasteiger charge is 2.13. The lowest BCUT2D eigenvalue weighted by Crippen LogP contribution is -2.13. The van der Waals surface area contributed by atoms with Crippen LogP contribution in [-0.4, -0.2) is 10.8 Å². The Hall–Kier alpha value is -3.67. The number of ether oxygens (including phenoxy) is 1. The molecule has 1 amide bonds. The summed E-state index contributed by atoms with van der Waals surface area (Å²) >= 11 is 9.41. The van der Waals surface area contributed by atoms with Crippen LogP contribution < -0.4 is 10.1 Å². The fourth-order valence-corrected chi connectivity index (χ4v) is 3.45. The number of nitro benzene ring substituents is 1. The van der Waals surface area contributed by atoms with E-state index in [0.29, 0.717) is 27.4 Å². The Morgan fingerprint density at radius 1 is 1.19 bits per heavy atom. The topological polar surface area (TPSA) is 105 Å². The molecule has 0 aliphatic heterocycles. The zero-order valence-corrected chi connectivity index (χ0v) is 18.8. The number of anilines is 1. The van der Waals surface area contributed by atoms with Crippen LogP contribution in [0.5, 0.6) is 5.75 Å². The lowest BCUT2D eigenvalue weighted by atomic mass is 10.1. The molecule has 0 aromatic heterocycles. The van der Waals surface area contributed by atoms with Gasteiger partial charge in [0.2, 0.25) is 0 Å². The molecule has 0 spiro atoms. The van der Waals surface area contributed by atoms with Crippen molar-refractivity contribution < 1.29 is 14.5 Å². The van der Waals surface area contributed by atoms with Crippen molar-refractivity contribution >= 4 is 50.9 Å². The summed E-state index contributed by atoms with van der Waals surface area (Å²) in [7, 11) is 0. The first-order valence-electron chi connectivity index (χ1n) is 9.20. The Labute approximate surface area is 197 Å². The summed E-state index contributed by atoms with van der Waals surface area (Å²) in [6.07, 6.45) is 1.41. The summed E-state index contributed by atoms with van der Waals surface area (Å²) in [4.78, 5) is 22.8. The van der Waals surface area contributed by atoms with Crippen LogP contribution in [0.4, 0.5) is 11.4 Å². The summed E-state index contributed by atoms with van der Waals surface area (Å²) in [5.41, 5.74) is 1.41. The van der Waals surface area contributed by atoms with Crippen LogP contribution in [0.1, 0.15) is 11.1 Å². The van der Waals surface area contributed by atoms with Crippen molar-refractivity contribution in [3.63, 3.8) is 0 Å². The van der Waals surface area contributed by atoms with Gasteiger partial charge in [0.15, 0.2) is 0 Å². The first kappa shape index (κ1) is 23.0. The van der Waals surface area contributed by atoms with E-state index in [2.05, 4.69) is 21.2 Å². The van der Waals surface area contributed by atoms with Crippen molar-refractivity contribution in [1.29, 1.82) is 5.26 Å². The summed E-state index contributed by atoms with van der Waals surface area (Å²) < 4.78 is 6.44. The molecule has 3 aromatic rings. The van der Waals surface area contributed by atoms with Crippen LogP contribution in [0.15, 0.2) is 76.8 Å². The van der Waals surface area contributed by atoms with Crippen molar-refractivity contribution in [3.05, 3.63) is 103 Å². The molecule has 0 aliphatic rings. The van der Waals surface area contributed by atoms with Gasteiger partial charge in [-0.15, -0.1) is 0 Å². The van der Waals surface area contributed by atoms with Crippen LogP contribution >= 0.6 is 27.5 Å². The van der Waals surface area contributed by atoms with Gasteiger partial charge in [-0.2, -0.15) is 5.26 Å². The molecule has 1 N–H and O–H groups in total. The van der Waals surface area contributed by atoms with Gasteiger partial charge >= 0.3 is 0 Å².